The lowest BCUT2D eigenvalue weighted by atomic mass is 10.2. The van der Waals surface area contributed by atoms with Gasteiger partial charge in [0.15, 0.2) is 0 Å². The second kappa shape index (κ2) is 4.40. The van der Waals surface area contributed by atoms with Gasteiger partial charge in [-0.1, -0.05) is 11.8 Å². The van der Waals surface area contributed by atoms with Crippen LogP contribution in [0.3, 0.4) is 0 Å². The van der Waals surface area contributed by atoms with Crippen LogP contribution in [0.1, 0.15) is 5.37 Å². The van der Waals surface area contributed by atoms with E-state index in [9.17, 15) is 15.0 Å². The fraction of sp³-hybridized carbons (Fsp3) is 0.333. The number of aliphatic hydroxyl groups excluding tert-OH is 3. The molecule has 0 radical (unpaired) electrons. The molecule has 0 saturated heterocycles. The fourth-order valence-corrected chi connectivity index (χ4v) is 2.66. The first kappa shape index (κ1) is 12.0. The molecule has 92 valence electrons. The normalized spacial score (nSPS) is 24.4. The van der Waals surface area contributed by atoms with E-state index in [2.05, 4.69) is 4.98 Å². The van der Waals surface area contributed by atoms with Gasteiger partial charge in [0.1, 0.15) is 23.1 Å². The van der Waals surface area contributed by atoms with Crippen LogP contribution < -0.4 is 11.4 Å². The topological polar surface area (TPSA) is 122 Å². The first-order valence-electron chi connectivity index (χ1n) is 4.77. The molecule has 1 unspecified atom stereocenters. The van der Waals surface area contributed by atoms with Crippen molar-refractivity contribution in [3.8, 4) is 0 Å². The number of anilines is 1. The van der Waals surface area contributed by atoms with E-state index in [1.807, 2.05) is 0 Å². The third kappa shape index (κ3) is 2.02. The molecular weight excluding hydrogens is 246 g/mol. The summed E-state index contributed by atoms with van der Waals surface area (Å²) in [4.78, 5) is 15.3. The van der Waals surface area contributed by atoms with Crippen molar-refractivity contribution in [2.24, 2.45) is 0 Å². The van der Waals surface area contributed by atoms with Gasteiger partial charge in [-0.05, 0) is 6.07 Å². The minimum Gasteiger partial charge on any atom is -0.509 e. The molecule has 1 aromatic rings. The zero-order chi connectivity index (χ0) is 12.6. The van der Waals surface area contributed by atoms with Crippen molar-refractivity contribution >= 4 is 17.6 Å². The molecule has 2 heterocycles. The summed E-state index contributed by atoms with van der Waals surface area (Å²) >= 11 is 1.01. The van der Waals surface area contributed by atoms with Crippen molar-refractivity contribution in [2.45, 2.75) is 11.5 Å². The lowest BCUT2D eigenvalue weighted by Crippen LogP contribution is -2.30. The molecule has 1 aliphatic heterocycles. The highest BCUT2D eigenvalue weighted by atomic mass is 32.2. The van der Waals surface area contributed by atoms with Crippen LogP contribution in [0, 0.1) is 0 Å². The smallest absolute Gasteiger partial charge is 0.350 e. The maximum absolute atomic E-state index is 11.6. The van der Waals surface area contributed by atoms with E-state index in [1.54, 1.807) is 0 Å². The van der Waals surface area contributed by atoms with Gasteiger partial charge in [0.05, 0.1) is 11.5 Å². The van der Waals surface area contributed by atoms with Gasteiger partial charge in [0.2, 0.25) is 0 Å². The van der Waals surface area contributed by atoms with E-state index in [-0.39, 0.29) is 23.1 Å². The molecule has 2 atom stereocenters. The summed E-state index contributed by atoms with van der Waals surface area (Å²) in [6, 6.07) is 1.42. The lowest BCUT2D eigenvalue weighted by Gasteiger charge is -2.16. The number of nitrogens with zero attached hydrogens (tertiary/aromatic N) is 2. The van der Waals surface area contributed by atoms with Crippen LogP contribution in [0.2, 0.25) is 0 Å². The number of thioether (sulfide) groups is 1. The van der Waals surface area contributed by atoms with Gasteiger partial charge in [-0.25, -0.2) is 4.79 Å². The number of aromatic nitrogens is 2. The van der Waals surface area contributed by atoms with Gasteiger partial charge in [0, 0.05) is 6.20 Å². The average Bonchev–Trinajstić information content (AvgIpc) is 2.57. The Morgan fingerprint density at radius 1 is 1.59 bits per heavy atom. The van der Waals surface area contributed by atoms with E-state index in [1.165, 1.54) is 12.3 Å². The van der Waals surface area contributed by atoms with E-state index >= 15 is 0 Å². The first-order chi connectivity index (χ1) is 8.04. The monoisotopic (exact) mass is 257 g/mol. The predicted molar refractivity (Wildman–Crippen MR) is 62.3 cm³/mol. The summed E-state index contributed by atoms with van der Waals surface area (Å²) in [5.41, 5.74) is 4.73. The second-order valence-electron chi connectivity index (χ2n) is 3.46. The zero-order valence-electron chi connectivity index (χ0n) is 8.65. The molecule has 0 bridgehead atoms. The Bertz CT molecular complexity index is 527. The van der Waals surface area contributed by atoms with Gasteiger partial charge >= 0.3 is 5.69 Å². The summed E-state index contributed by atoms with van der Waals surface area (Å²) in [6.45, 7) is -0.388. The first-order valence-corrected chi connectivity index (χ1v) is 5.65. The van der Waals surface area contributed by atoms with E-state index in [4.69, 9.17) is 10.8 Å². The summed E-state index contributed by atoms with van der Waals surface area (Å²) in [6.07, 6.45) is 0.143. The minimum atomic E-state index is -1.25. The second-order valence-corrected chi connectivity index (χ2v) is 4.67. The lowest BCUT2D eigenvalue weighted by molar-refractivity contribution is 0.133. The summed E-state index contributed by atoms with van der Waals surface area (Å²) in [5.74, 6) is -0.227. The molecule has 8 heteroatoms. The highest BCUT2D eigenvalue weighted by molar-refractivity contribution is 8.03. The summed E-state index contributed by atoms with van der Waals surface area (Å²) < 4.78 is 1.16. The molecule has 2 rings (SSSR count). The highest BCUT2D eigenvalue weighted by Crippen LogP contribution is 2.42. The van der Waals surface area contributed by atoms with Crippen molar-refractivity contribution in [1.29, 1.82) is 0 Å². The Hall–Kier alpha value is -1.51. The molecule has 0 amide bonds. The fourth-order valence-electron chi connectivity index (χ4n) is 1.52. The Labute approximate surface area is 100 Å². The molecule has 17 heavy (non-hydrogen) atoms. The average molecular weight is 257 g/mol. The molecule has 0 saturated carbocycles. The van der Waals surface area contributed by atoms with Gasteiger partial charge < -0.3 is 21.1 Å². The quantitative estimate of drug-likeness (QED) is 0.546. The number of rotatable bonds is 2. The zero-order valence-corrected chi connectivity index (χ0v) is 9.46. The van der Waals surface area contributed by atoms with Gasteiger partial charge in [-0.3, -0.25) is 4.57 Å². The van der Waals surface area contributed by atoms with Crippen LogP contribution in [0.25, 0.3) is 0 Å². The predicted octanol–water partition coefficient (Wildman–Crippen LogP) is -0.806. The number of nitrogen functional groups attached to an aromatic ring is 1. The van der Waals surface area contributed by atoms with Gasteiger partial charge in [-0.2, -0.15) is 4.98 Å². The van der Waals surface area contributed by atoms with E-state index in [0.717, 1.165) is 16.3 Å². The Kier molecular flexibility index (Phi) is 3.09. The van der Waals surface area contributed by atoms with Crippen LogP contribution in [0.4, 0.5) is 5.82 Å². The van der Waals surface area contributed by atoms with Crippen molar-refractivity contribution < 1.29 is 15.3 Å². The van der Waals surface area contributed by atoms with Gasteiger partial charge in [-0.15, -0.1) is 0 Å². The Morgan fingerprint density at radius 3 is 2.82 bits per heavy atom. The standard InChI is InChI=1S/C9H11N3O4S/c10-5-1-2-12(9(16)11-5)8-7(15)6(14)4(3-13)17-8/h1-2,7-8,13-15H,3H2,(H2,10,11,16)/t7?,8-/m1/s1. The number of aliphatic hydroxyl groups is 3. The molecule has 0 aromatic carbocycles. The molecule has 0 spiro atoms. The van der Waals surface area contributed by atoms with Crippen molar-refractivity contribution in [3.63, 3.8) is 0 Å². The Balaban J connectivity index is 2.35. The van der Waals surface area contributed by atoms with Crippen molar-refractivity contribution in [1.82, 2.24) is 9.55 Å². The number of hydrogen-bond donors (Lipinski definition) is 4. The molecule has 0 fully saturated rings. The molecule has 7 nitrogen and oxygen atoms in total. The number of nitrogens with two attached hydrogens (primary N) is 1. The van der Waals surface area contributed by atoms with E-state index in [0.29, 0.717) is 0 Å². The molecular formula is C9H11N3O4S. The third-order valence-electron chi connectivity index (χ3n) is 2.37. The van der Waals surface area contributed by atoms with Gasteiger partial charge in [0.25, 0.3) is 0 Å². The number of hydrogen-bond acceptors (Lipinski definition) is 7. The minimum absolute atomic E-state index is 0.0864. The largest absolute Gasteiger partial charge is 0.509 e. The molecule has 5 N–H and O–H groups in total. The maximum Gasteiger partial charge on any atom is 0.350 e. The summed E-state index contributed by atoms with van der Waals surface area (Å²) in [7, 11) is 0. The molecule has 1 aliphatic rings. The van der Waals surface area contributed by atoms with Crippen LogP contribution in [0.5, 0.6) is 0 Å². The van der Waals surface area contributed by atoms with E-state index < -0.39 is 17.2 Å². The molecule has 1 aromatic heterocycles. The SMILES string of the molecule is Nc1ccn([C@@H]2SC(CO)=C(O)C2O)c(=O)n1. The Morgan fingerprint density at radius 2 is 2.29 bits per heavy atom. The van der Waals surface area contributed by atoms with Crippen LogP contribution in [-0.2, 0) is 0 Å². The van der Waals surface area contributed by atoms with Crippen LogP contribution >= 0.6 is 11.8 Å². The maximum atomic E-state index is 11.6. The molecule has 0 aliphatic carbocycles. The van der Waals surface area contributed by atoms with Crippen LogP contribution in [0.15, 0.2) is 27.7 Å². The highest BCUT2D eigenvalue weighted by Gasteiger charge is 2.36. The van der Waals surface area contributed by atoms with Crippen LogP contribution in [-0.4, -0.2) is 37.6 Å². The van der Waals surface area contributed by atoms with Crippen molar-refractivity contribution in [3.05, 3.63) is 33.4 Å². The van der Waals surface area contributed by atoms with Crippen molar-refractivity contribution in [2.75, 3.05) is 12.3 Å². The third-order valence-corrected chi connectivity index (χ3v) is 3.72. The summed E-state index contributed by atoms with van der Waals surface area (Å²) in [5, 5.41) is 27.5.